The Bertz CT molecular complexity index is 1020. The minimum atomic E-state index is -0.370. The van der Waals surface area contributed by atoms with E-state index in [1.807, 2.05) is 0 Å². The number of halogens is 1. The number of fused-ring (bicyclic) bond motifs is 1. The van der Waals surface area contributed by atoms with Crippen LogP contribution in [0.1, 0.15) is 19.4 Å². The van der Waals surface area contributed by atoms with Crippen LogP contribution in [0.25, 0.3) is 10.9 Å². The van der Waals surface area contributed by atoms with E-state index in [9.17, 15) is 14.0 Å². The highest BCUT2D eigenvalue weighted by atomic mass is 32.2. The molecular weight excluding hydrogens is 367 g/mol. The zero-order valence-corrected chi connectivity index (χ0v) is 15.8. The Labute approximate surface area is 160 Å². The summed E-state index contributed by atoms with van der Waals surface area (Å²) < 4.78 is 19.8. The number of para-hydroxylation sites is 1. The maximum atomic E-state index is 13.2. The highest BCUT2D eigenvalue weighted by Crippen LogP contribution is 2.19. The molecule has 0 aliphatic carbocycles. The van der Waals surface area contributed by atoms with E-state index in [2.05, 4.69) is 4.98 Å². The number of benzene rings is 2. The highest BCUT2D eigenvalue weighted by molar-refractivity contribution is 7.99. The van der Waals surface area contributed by atoms with Gasteiger partial charge in [-0.05, 0) is 43.7 Å². The monoisotopic (exact) mass is 386 g/mol. The quantitative estimate of drug-likeness (QED) is 0.368. The number of hydrogen-bond donors (Lipinski definition) is 0. The molecule has 0 atom stereocenters. The van der Waals surface area contributed by atoms with Crippen molar-refractivity contribution in [2.75, 3.05) is 5.75 Å². The number of hydrogen-bond acceptors (Lipinski definition) is 5. The molecule has 1 aromatic heterocycles. The number of carbonyl (C=O) groups is 1. The summed E-state index contributed by atoms with van der Waals surface area (Å²) in [6.45, 7) is 3.79. The Morgan fingerprint density at radius 1 is 1.19 bits per heavy atom. The smallest absolute Gasteiger partial charge is 0.316 e. The topological polar surface area (TPSA) is 61.2 Å². The Morgan fingerprint density at radius 2 is 1.89 bits per heavy atom. The molecule has 1 heterocycles. The molecule has 0 N–H and O–H groups in total. The average Bonchev–Trinajstić information content (AvgIpc) is 2.64. The molecule has 0 aliphatic rings. The van der Waals surface area contributed by atoms with E-state index in [0.717, 1.165) is 17.3 Å². The molecule has 0 radical (unpaired) electrons. The summed E-state index contributed by atoms with van der Waals surface area (Å²) in [7, 11) is 0. The van der Waals surface area contributed by atoms with Crippen LogP contribution >= 0.6 is 11.8 Å². The van der Waals surface area contributed by atoms with Gasteiger partial charge in [-0.2, -0.15) is 0 Å². The molecule has 27 heavy (non-hydrogen) atoms. The second-order valence-corrected chi connectivity index (χ2v) is 7.20. The van der Waals surface area contributed by atoms with Gasteiger partial charge in [0, 0.05) is 0 Å². The van der Waals surface area contributed by atoms with Gasteiger partial charge in [0.15, 0.2) is 5.16 Å². The fourth-order valence-electron chi connectivity index (χ4n) is 2.59. The molecule has 0 unspecified atom stereocenters. The van der Waals surface area contributed by atoms with Crippen LogP contribution in [-0.4, -0.2) is 27.4 Å². The molecule has 5 nitrogen and oxygen atoms in total. The maximum absolute atomic E-state index is 13.2. The zero-order chi connectivity index (χ0) is 19.4. The van der Waals surface area contributed by atoms with Crippen molar-refractivity contribution in [2.45, 2.75) is 31.7 Å². The summed E-state index contributed by atoms with van der Waals surface area (Å²) in [6.07, 6.45) is -0.205. The summed E-state index contributed by atoms with van der Waals surface area (Å²) in [5.74, 6) is -0.661. The number of esters is 1. The molecule has 0 saturated carbocycles. The van der Waals surface area contributed by atoms with Crippen molar-refractivity contribution >= 4 is 28.6 Å². The normalized spacial score (nSPS) is 11.1. The Morgan fingerprint density at radius 3 is 2.59 bits per heavy atom. The van der Waals surface area contributed by atoms with E-state index in [1.54, 1.807) is 50.2 Å². The molecule has 0 fully saturated rings. The SMILES string of the molecule is CC(C)OC(=O)CSc1nc2ccccc2c(=O)n1Cc1ccc(F)cc1. The van der Waals surface area contributed by atoms with E-state index in [-0.39, 0.29) is 35.7 Å². The number of carbonyl (C=O) groups excluding carboxylic acids is 1. The van der Waals surface area contributed by atoms with Crippen LogP contribution < -0.4 is 5.56 Å². The van der Waals surface area contributed by atoms with Crippen molar-refractivity contribution < 1.29 is 13.9 Å². The van der Waals surface area contributed by atoms with E-state index < -0.39 is 0 Å². The molecule has 0 spiro atoms. The molecule has 3 rings (SSSR count). The zero-order valence-electron chi connectivity index (χ0n) is 15.0. The van der Waals surface area contributed by atoms with Gasteiger partial charge in [0.05, 0.1) is 29.3 Å². The molecule has 7 heteroatoms. The van der Waals surface area contributed by atoms with Gasteiger partial charge in [0.25, 0.3) is 5.56 Å². The fraction of sp³-hybridized carbons (Fsp3) is 0.250. The predicted molar refractivity (Wildman–Crippen MR) is 103 cm³/mol. The summed E-state index contributed by atoms with van der Waals surface area (Å²) in [5.41, 5.74) is 1.13. The second kappa shape index (κ2) is 8.35. The molecule has 0 saturated heterocycles. The Kier molecular flexibility index (Phi) is 5.91. The van der Waals surface area contributed by atoms with Crippen LogP contribution in [-0.2, 0) is 16.1 Å². The van der Waals surface area contributed by atoms with Gasteiger partial charge in [-0.25, -0.2) is 9.37 Å². The number of rotatable bonds is 6. The van der Waals surface area contributed by atoms with Crippen LogP contribution in [0.3, 0.4) is 0 Å². The third-order valence-corrected chi connectivity index (χ3v) is 4.72. The summed E-state index contributed by atoms with van der Waals surface area (Å²) in [6, 6.07) is 13.0. The van der Waals surface area contributed by atoms with E-state index in [1.165, 1.54) is 16.7 Å². The lowest BCUT2D eigenvalue weighted by Crippen LogP contribution is -2.24. The van der Waals surface area contributed by atoms with Crippen molar-refractivity contribution in [1.29, 1.82) is 0 Å². The number of aromatic nitrogens is 2. The Balaban J connectivity index is 1.97. The predicted octanol–water partition coefficient (Wildman–Crippen LogP) is 3.63. The number of thioether (sulfide) groups is 1. The summed E-state index contributed by atoms with van der Waals surface area (Å²) >= 11 is 1.15. The molecule has 0 aliphatic heterocycles. The van der Waals surface area contributed by atoms with Crippen LogP contribution in [0.2, 0.25) is 0 Å². The minimum Gasteiger partial charge on any atom is -0.462 e. The first kappa shape index (κ1) is 19.1. The van der Waals surface area contributed by atoms with E-state index in [4.69, 9.17) is 4.74 Å². The highest BCUT2D eigenvalue weighted by Gasteiger charge is 2.14. The number of ether oxygens (including phenoxy) is 1. The maximum Gasteiger partial charge on any atom is 0.316 e. The van der Waals surface area contributed by atoms with Gasteiger partial charge in [-0.15, -0.1) is 0 Å². The molecular formula is C20H19FN2O3S. The first-order valence-electron chi connectivity index (χ1n) is 8.50. The van der Waals surface area contributed by atoms with Crippen molar-refractivity contribution in [3.63, 3.8) is 0 Å². The first-order chi connectivity index (χ1) is 12.9. The molecule has 0 bridgehead atoms. The minimum absolute atomic E-state index is 0.0480. The lowest BCUT2D eigenvalue weighted by molar-refractivity contribution is -0.144. The first-order valence-corrected chi connectivity index (χ1v) is 9.49. The van der Waals surface area contributed by atoms with Crippen molar-refractivity contribution in [1.82, 2.24) is 9.55 Å². The van der Waals surface area contributed by atoms with E-state index in [0.29, 0.717) is 16.1 Å². The van der Waals surface area contributed by atoms with Gasteiger partial charge < -0.3 is 4.74 Å². The van der Waals surface area contributed by atoms with Crippen LogP contribution in [0.4, 0.5) is 4.39 Å². The van der Waals surface area contributed by atoms with Gasteiger partial charge >= 0.3 is 5.97 Å². The van der Waals surface area contributed by atoms with Gasteiger partial charge in [-0.1, -0.05) is 36.0 Å². The molecule has 0 amide bonds. The molecule has 2 aromatic carbocycles. The van der Waals surface area contributed by atoms with Gasteiger partial charge in [-0.3, -0.25) is 14.2 Å². The van der Waals surface area contributed by atoms with Gasteiger partial charge in [0.1, 0.15) is 5.82 Å². The van der Waals surface area contributed by atoms with Crippen LogP contribution in [0.15, 0.2) is 58.5 Å². The lowest BCUT2D eigenvalue weighted by Gasteiger charge is -2.13. The summed E-state index contributed by atoms with van der Waals surface area (Å²) in [5, 5.41) is 0.914. The summed E-state index contributed by atoms with van der Waals surface area (Å²) in [4.78, 5) is 29.4. The third kappa shape index (κ3) is 4.74. The number of nitrogens with zero attached hydrogens (tertiary/aromatic N) is 2. The largest absolute Gasteiger partial charge is 0.462 e. The molecule has 140 valence electrons. The van der Waals surface area contributed by atoms with Gasteiger partial charge in [0.2, 0.25) is 0 Å². The standard InChI is InChI=1S/C20H19FN2O3S/c1-13(2)26-18(24)12-27-20-22-17-6-4-3-5-16(17)19(25)23(20)11-14-7-9-15(21)10-8-14/h3-10,13H,11-12H2,1-2H3. The fourth-order valence-corrected chi connectivity index (χ4v) is 3.37. The van der Waals surface area contributed by atoms with Crippen molar-refractivity contribution in [2.24, 2.45) is 0 Å². The molecule has 3 aromatic rings. The third-order valence-electron chi connectivity index (χ3n) is 3.77. The van der Waals surface area contributed by atoms with Crippen LogP contribution in [0.5, 0.6) is 0 Å². The van der Waals surface area contributed by atoms with Crippen LogP contribution in [0, 0.1) is 5.82 Å². The van der Waals surface area contributed by atoms with E-state index >= 15 is 0 Å². The second-order valence-electron chi connectivity index (χ2n) is 6.26. The average molecular weight is 386 g/mol. The Hall–Kier alpha value is -2.67. The lowest BCUT2D eigenvalue weighted by atomic mass is 10.2. The van der Waals surface area contributed by atoms with Crippen molar-refractivity contribution in [3.05, 3.63) is 70.3 Å². The van der Waals surface area contributed by atoms with Crippen molar-refractivity contribution in [3.8, 4) is 0 Å².